The molecule has 0 unspecified atom stereocenters. The van der Waals surface area contributed by atoms with Crippen LogP contribution < -0.4 is 0 Å². The standard InChI is InChI=1S/C36H28/c1-21-5-11-25(12-6-21)27-17-31-23(3)9-16-30-34-20-28(26-13-7-22(2)8-14-26)18-32-24(4)10-15-29(36(32)34)33(19-27)35(30)31/h5-20H,1-4H3. The first-order chi connectivity index (χ1) is 17.5. The summed E-state index contributed by atoms with van der Waals surface area (Å²) in [5.74, 6) is 0. The highest BCUT2D eigenvalue weighted by atomic mass is 14.2. The molecule has 0 fully saturated rings. The van der Waals surface area contributed by atoms with Gasteiger partial charge in [-0.25, -0.2) is 0 Å². The Morgan fingerprint density at radius 2 is 0.667 bits per heavy atom. The molecule has 0 nitrogen and oxygen atoms in total. The van der Waals surface area contributed by atoms with Crippen molar-refractivity contribution >= 4 is 43.1 Å². The molecule has 172 valence electrons. The van der Waals surface area contributed by atoms with Gasteiger partial charge in [-0.1, -0.05) is 83.9 Å². The highest BCUT2D eigenvalue weighted by Gasteiger charge is 2.17. The smallest absolute Gasteiger partial charge is 0.00233 e. The molecule has 0 bridgehead atoms. The molecule has 0 heterocycles. The summed E-state index contributed by atoms with van der Waals surface area (Å²) >= 11 is 0. The number of hydrogen-bond acceptors (Lipinski definition) is 0. The van der Waals surface area contributed by atoms with Crippen molar-refractivity contribution in [1.82, 2.24) is 0 Å². The highest BCUT2D eigenvalue weighted by molar-refractivity contribution is 6.34. The summed E-state index contributed by atoms with van der Waals surface area (Å²) in [6.45, 7) is 8.78. The third-order valence-electron chi connectivity index (χ3n) is 8.02. The Kier molecular flexibility index (Phi) is 4.51. The second-order valence-corrected chi connectivity index (χ2v) is 10.5. The molecule has 7 aromatic carbocycles. The van der Waals surface area contributed by atoms with Crippen LogP contribution in [-0.4, -0.2) is 0 Å². The van der Waals surface area contributed by atoms with E-state index in [0.29, 0.717) is 0 Å². The van der Waals surface area contributed by atoms with E-state index >= 15 is 0 Å². The average Bonchev–Trinajstić information content (AvgIpc) is 2.89. The summed E-state index contributed by atoms with van der Waals surface area (Å²) in [4.78, 5) is 0. The van der Waals surface area contributed by atoms with Crippen LogP contribution in [0.4, 0.5) is 0 Å². The fourth-order valence-corrected chi connectivity index (χ4v) is 5.95. The van der Waals surface area contributed by atoms with Crippen LogP contribution in [0.3, 0.4) is 0 Å². The van der Waals surface area contributed by atoms with Crippen LogP contribution in [0.15, 0.2) is 97.1 Å². The molecule has 7 aromatic rings. The van der Waals surface area contributed by atoms with Gasteiger partial charge in [-0.15, -0.1) is 0 Å². The van der Waals surface area contributed by atoms with Crippen molar-refractivity contribution in [2.24, 2.45) is 0 Å². The second-order valence-electron chi connectivity index (χ2n) is 10.5. The number of benzene rings is 7. The minimum absolute atomic E-state index is 1.27. The van der Waals surface area contributed by atoms with Crippen molar-refractivity contribution in [3.05, 3.63) is 119 Å². The largest absolute Gasteiger partial charge is 0.0587 e. The Balaban J connectivity index is 1.65. The minimum atomic E-state index is 1.27. The van der Waals surface area contributed by atoms with Crippen molar-refractivity contribution < 1.29 is 0 Å². The first kappa shape index (κ1) is 21.1. The van der Waals surface area contributed by atoms with Crippen LogP contribution in [0.25, 0.3) is 65.3 Å². The number of hydrogen-bond donors (Lipinski definition) is 0. The lowest BCUT2D eigenvalue weighted by Crippen LogP contribution is -1.92. The van der Waals surface area contributed by atoms with Crippen molar-refractivity contribution in [3.8, 4) is 22.3 Å². The molecule has 0 atom stereocenters. The third kappa shape index (κ3) is 3.08. The Hall–Kier alpha value is -4.16. The van der Waals surface area contributed by atoms with Gasteiger partial charge in [-0.05, 0) is 128 Å². The van der Waals surface area contributed by atoms with Crippen LogP contribution in [0.5, 0.6) is 0 Å². The lowest BCUT2D eigenvalue weighted by Gasteiger charge is -2.19. The van der Waals surface area contributed by atoms with E-state index in [0.717, 1.165) is 0 Å². The van der Waals surface area contributed by atoms with E-state index in [2.05, 4.69) is 125 Å². The van der Waals surface area contributed by atoms with E-state index in [4.69, 9.17) is 0 Å². The summed E-state index contributed by atoms with van der Waals surface area (Å²) in [6.07, 6.45) is 0. The van der Waals surface area contributed by atoms with Crippen molar-refractivity contribution in [1.29, 1.82) is 0 Å². The predicted octanol–water partition coefficient (Wildman–Crippen LogP) is 10.3. The van der Waals surface area contributed by atoms with Crippen molar-refractivity contribution in [2.75, 3.05) is 0 Å². The summed E-state index contributed by atoms with van der Waals surface area (Å²) in [5, 5.41) is 10.8. The van der Waals surface area contributed by atoms with E-state index in [9.17, 15) is 0 Å². The highest BCUT2D eigenvalue weighted by Crippen LogP contribution is 2.45. The zero-order chi connectivity index (χ0) is 24.6. The normalized spacial score (nSPS) is 11.9. The molecule has 36 heavy (non-hydrogen) atoms. The Bertz CT molecular complexity index is 1790. The van der Waals surface area contributed by atoms with Crippen LogP contribution in [0.1, 0.15) is 22.3 Å². The molecule has 0 radical (unpaired) electrons. The molecule has 0 amide bonds. The summed E-state index contributed by atoms with van der Waals surface area (Å²) < 4.78 is 0. The molecular formula is C36H28. The lowest BCUT2D eigenvalue weighted by molar-refractivity contribution is 1.47. The summed E-state index contributed by atoms with van der Waals surface area (Å²) in [6, 6.07) is 36.7. The number of aryl methyl sites for hydroxylation is 4. The maximum absolute atomic E-state index is 2.41. The van der Waals surface area contributed by atoms with Crippen molar-refractivity contribution in [3.63, 3.8) is 0 Å². The van der Waals surface area contributed by atoms with Gasteiger partial charge in [-0.2, -0.15) is 0 Å². The fourth-order valence-electron chi connectivity index (χ4n) is 5.95. The van der Waals surface area contributed by atoms with Gasteiger partial charge in [-0.3, -0.25) is 0 Å². The monoisotopic (exact) mass is 460 g/mol. The Labute approximate surface area is 212 Å². The summed E-state index contributed by atoms with van der Waals surface area (Å²) in [5.41, 5.74) is 10.3. The van der Waals surface area contributed by atoms with Gasteiger partial charge in [0.2, 0.25) is 0 Å². The van der Waals surface area contributed by atoms with E-state index in [-0.39, 0.29) is 0 Å². The zero-order valence-electron chi connectivity index (χ0n) is 21.2. The number of fused-ring (bicyclic) bond motifs is 2. The van der Waals surface area contributed by atoms with Crippen LogP contribution in [-0.2, 0) is 0 Å². The van der Waals surface area contributed by atoms with Gasteiger partial charge in [0.05, 0.1) is 0 Å². The fraction of sp³-hybridized carbons (Fsp3) is 0.111. The molecule has 0 N–H and O–H groups in total. The Morgan fingerprint density at radius 3 is 1.06 bits per heavy atom. The topological polar surface area (TPSA) is 0 Å². The molecule has 0 saturated heterocycles. The van der Waals surface area contributed by atoms with Gasteiger partial charge < -0.3 is 0 Å². The summed E-state index contributed by atoms with van der Waals surface area (Å²) in [7, 11) is 0. The molecule has 0 aliphatic heterocycles. The van der Waals surface area contributed by atoms with Gasteiger partial charge >= 0.3 is 0 Å². The number of rotatable bonds is 2. The molecule has 0 aliphatic carbocycles. The molecule has 0 heteroatoms. The second kappa shape index (κ2) is 7.67. The average molecular weight is 461 g/mol. The van der Waals surface area contributed by atoms with E-state index in [1.54, 1.807) is 0 Å². The van der Waals surface area contributed by atoms with Gasteiger partial charge in [0.1, 0.15) is 0 Å². The van der Waals surface area contributed by atoms with E-state index < -0.39 is 0 Å². The molecule has 7 rings (SSSR count). The molecule has 0 spiro atoms. The van der Waals surface area contributed by atoms with Gasteiger partial charge in [0.25, 0.3) is 0 Å². The molecule has 0 saturated carbocycles. The first-order valence-corrected chi connectivity index (χ1v) is 12.8. The zero-order valence-corrected chi connectivity index (χ0v) is 21.2. The van der Waals surface area contributed by atoms with E-state index in [1.165, 1.54) is 87.6 Å². The third-order valence-corrected chi connectivity index (χ3v) is 8.02. The SMILES string of the molecule is Cc1ccc(-c2cc3c(C)ccc4c5cc(-c6ccc(C)cc6)cc6c(C)ccc(c(c2)c34)c65)cc1. The molecular weight excluding hydrogens is 432 g/mol. The van der Waals surface area contributed by atoms with Crippen LogP contribution in [0, 0.1) is 27.7 Å². The molecule has 0 aromatic heterocycles. The first-order valence-electron chi connectivity index (χ1n) is 12.8. The van der Waals surface area contributed by atoms with Crippen molar-refractivity contribution in [2.45, 2.75) is 27.7 Å². The van der Waals surface area contributed by atoms with Gasteiger partial charge in [0, 0.05) is 0 Å². The maximum atomic E-state index is 2.41. The van der Waals surface area contributed by atoms with Gasteiger partial charge in [0.15, 0.2) is 0 Å². The van der Waals surface area contributed by atoms with E-state index in [1.807, 2.05) is 0 Å². The quantitative estimate of drug-likeness (QED) is 0.178. The van der Waals surface area contributed by atoms with Crippen LogP contribution >= 0.6 is 0 Å². The predicted molar refractivity (Wildman–Crippen MR) is 157 cm³/mol. The lowest BCUT2D eigenvalue weighted by atomic mass is 9.84. The minimum Gasteiger partial charge on any atom is -0.0587 e. The maximum Gasteiger partial charge on any atom is -0.00233 e. The van der Waals surface area contributed by atoms with Crippen LogP contribution in [0.2, 0.25) is 0 Å². The molecule has 0 aliphatic rings. The Morgan fingerprint density at radius 1 is 0.306 bits per heavy atom.